The molecule has 0 unspecified atom stereocenters. The van der Waals surface area contributed by atoms with Crippen LogP contribution in [0.25, 0.3) is 0 Å². The highest BCUT2D eigenvalue weighted by Crippen LogP contribution is 2.28. The van der Waals surface area contributed by atoms with Crippen molar-refractivity contribution in [3.63, 3.8) is 0 Å². The summed E-state index contributed by atoms with van der Waals surface area (Å²) in [5, 5.41) is 6.12. The number of nitrogens with one attached hydrogen (secondary N) is 2. The first-order chi connectivity index (χ1) is 11.8. The Bertz CT molecular complexity index is 617. The van der Waals surface area contributed by atoms with Crippen LogP contribution in [0.15, 0.2) is 54.6 Å². The molecule has 0 aliphatic carbocycles. The summed E-state index contributed by atoms with van der Waals surface area (Å²) >= 11 is 0. The van der Waals surface area contributed by atoms with Crippen LogP contribution in [0.5, 0.6) is 11.5 Å². The molecule has 5 heteroatoms. The summed E-state index contributed by atoms with van der Waals surface area (Å²) in [5.74, 6) is 1.55. The van der Waals surface area contributed by atoms with Crippen molar-refractivity contribution in [2.45, 2.75) is 12.8 Å². The molecule has 0 aromatic heterocycles. The largest absolute Gasteiger partial charge is 0.455 e. The molecule has 0 saturated carbocycles. The van der Waals surface area contributed by atoms with Crippen molar-refractivity contribution in [3.05, 3.63) is 54.6 Å². The van der Waals surface area contributed by atoms with Crippen molar-refractivity contribution in [1.82, 2.24) is 5.32 Å². The minimum atomic E-state index is 0.0278. The van der Waals surface area contributed by atoms with Gasteiger partial charge in [0.2, 0.25) is 5.91 Å². The molecule has 2 aromatic carbocycles. The van der Waals surface area contributed by atoms with Crippen LogP contribution in [0.4, 0.5) is 5.69 Å². The van der Waals surface area contributed by atoms with Gasteiger partial charge in [0.05, 0.1) is 5.69 Å². The van der Waals surface area contributed by atoms with Gasteiger partial charge in [0.1, 0.15) is 5.75 Å². The molecular weight excluding hydrogens is 304 g/mol. The second-order valence-corrected chi connectivity index (χ2v) is 5.28. The lowest BCUT2D eigenvalue weighted by atomic mass is 10.2. The van der Waals surface area contributed by atoms with Crippen molar-refractivity contribution in [3.8, 4) is 11.5 Å². The summed E-state index contributed by atoms with van der Waals surface area (Å²) in [6.07, 6.45) is 1.23. The Balaban J connectivity index is 1.79. The summed E-state index contributed by atoms with van der Waals surface area (Å²) in [4.78, 5) is 11.7. The van der Waals surface area contributed by atoms with Gasteiger partial charge in [-0.25, -0.2) is 0 Å². The van der Waals surface area contributed by atoms with Crippen molar-refractivity contribution in [2.75, 3.05) is 32.1 Å². The normalized spacial score (nSPS) is 10.2. The molecule has 2 N–H and O–H groups in total. The molecule has 2 aromatic rings. The maximum absolute atomic E-state index is 11.7. The lowest BCUT2D eigenvalue weighted by molar-refractivity contribution is -0.120. The molecule has 0 atom stereocenters. The molecular formula is C19H24N2O3. The summed E-state index contributed by atoms with van der Waals surface area (Å²) in [7, 11) is 1.65. The van der Waals surface area contributed by atoms with E-state index in [1.807, 2.05) is 54.6 Å². The fraction of sp³-hybridized carbons (Fsp3) is 0.316. The van der Waals surface area contributed by atoms with Crippen LogP contribution in [0.1, 0.15) is 12.8 Å². The average Bonchev–Trinajstić information content (AvgIpc) is 2.61. The van der Waals surface area contributed by atoms with Gasteiger partial charge >= 0.3 is 0 Å². The van der Waals surface area contributed by atoms with Crippen LogP contribution < -0.4 is 15.4 Å². The Morgan fingerprint density at radius 3 is 2.54 bits per heavy atom. The number of carbonyl (C=O) groups is 1. The average molecular weight is 328 g/mol. The van der Waals surface area contributed by atoms with E-state index < -0.39 is 0 Å². The minimum Gasteiger partial charge on any atom is -0.455 e. The topological polar surface area (TPSA) is 59.6 Å². The fourth-order valence-corrected chi connectivity index (χ4v) is 2.16. The highest BCUT2D eigenvalue weighted by molar-refractivity contribution is 5.76. The highest BCUT2D eigenvalue weighted by atomic mass is 16.5. The van der Waals surface area contributed by atoms with Crippen LogP contribution in [-0.2, 0) is 9.53 Å². The number of hydrogen-bond acceptors (Lipinski definition) is 4. The van der Waals surface area contributed by atoms with Gasteiger partial charge in [-0.1, -0.05) is 30.3 Å². The van der Waals surface area contributed by atoms with Gasteiger partial charge in [0.25, 0.3) is 0 Å². The van der Waals surface area contributed by atoms with Crippen molar-refractivity contribution < 1.29 is 14.3 Å². The Morgan fingerprint density at radius 1 is 1.00 bits per heavy atom. The van der Waals surface area contributed by atoms with E-state index in [-0.39, 0.29) is 5.91 Å². The predicted octanol–water partition coefficient (Wildman–Crippen LogP) is 3.43. The van der Waals surface area contributed by atoms with Crippen LogP contribution in [0, 0.1) is 0 Å². The third kappa shape index (κ3) is 6.30. The summed E-state index contributed by atoms with van der Waals surface area (Å²) < 4.78 is 10.8. The number of para-hydroxylation sites is 3. The first-order valence-corrected chi connectivity index (χ1v) is 8.11. The van der Waals surface area contributed by atoms with Crippen LogP contribution in [0.3, 0.4) is 0 Å². The number of hydrogen-bond donors (Lipinski definition) is 2. The van der Waals surface area contributed by atoms with Crippen molar-refractivity contribution in [2.24, 2.45) is 0 Å². The maximum Gasteiger partial charge on any atom is 0.221 e. The van der Waals surface area contributed by atoms with Crippen LogP contribution in [0.2, 0.25) is 0 Å². The first kappa shape index (κ1) is 17.8. The Hall–Kier alpha value is -2.53. The van der Waals surface area contributed by atoms with Crippen LogP contribution >= 0.6 is 0 Å². The van der Waals surface area contributed by atoms with Crippen molar-refractivity contribution in [1.29, 1.82) is 0 Å². The van der Waals surface area contributed by atoms with Gasteiger partial charge in [0, 0.05) is 33.2 Å². The number of ether oxygens (including phenoxy) is 2. The first-order valence-electron chi connectivity index (χ1n) is 8.11. The van der Waals surface area contributed by atoms with E-state index in [0.29, 0.717) is 26.1 Å². The fourth-order valence-electron chi connectivity index (χ4n) is 2.16. The summed E-state index contributed by atoms with van der Waals surface area (Å²) in [6.45, 7) is 1.84. The third-order valence-electron chi connectivity index (χ3n) is 3.37. The molecule has 0 aliphatic rings. The van der Waals surface area contributed by atoms with E-state index in [0.717, 1.165) is 23.6 Å². The quantitative estimate of drug-likeness (QED) is 0.656. The highest BCUT2D eigenvalue weighted by Gasteiger charge is 2.05. The number of benzene rings is 2. The number of methoxy groups -OCH3 is 1. The van der Waals surface area contributed by atoms with E-state index in [1.54, 1.807) is 7.11 Å². The Labute approximate surface area is 143 Å². The van der Waals surface area contributed by atoms with Gasteiger partial charge in [-0.05, 0) is 30.7 Å². The van der Waals surface area contributed by atoms with Gasteiger partial charge in [-0.15, -0.1) is 0 Å². The molecule has 1 amide bonds. The smallest absolute Gasteiger partial charge is 0.221 e. The molecule has 2 rings (SSSR count). The van der Waals surface area contributed by atoms with Gasteiger partial charge in [-0.3, -0.25) is 4.79 Å². The number of anilines is 1. The molecule has 0 bridgehead atoms. The lowest BCUT2D eigenvalue weighted by Crippen LogP contribution is -2.26. The zero-order chi connectivity index (χ0) is 17.0. The molecule has 24 heavy (non-hydrogen) atoms. The maximum atomic E-state index is 11.7. The van der Waals surface area contributed by atoms with E-state index in [1.165, 1.54) is 0 Å². The number of amides is 1. The monoisotopic (exact) mass is 328 g/mol. The van der Waals surface area contributed by atoms with E-state index in [4.69, 9.17) is 9.47 Å². The lowest BCUT2D eigenvalue weighted by Gasteiger charge is -2.13. The number of carbonyl (C=O) groups excluding carboxylic acids is 1. The van der Waals surface area contributed by atoms with Crippen molar-refractivity contribution >= 4 is 11.6 Å². The molecule has 0 heterocycles. The van der Waals surface area contributed by atoms with Gasteiger partial charge in [0.15, 0.2) is 5.75 Å². The second-order valence-electron chi connectivity index (χ2n) is 5.28. The molecule has 128 valence electrons. The van der Waals surface area contributed by atoms with E-state index >= 15 is 0 Å². The van der Waals surface area contributed by atoms with Crippen LogP contribution in [-0.4, -0.2) is 32.7 Å². The zero-order valence-corrected chi connectivity index (χ0v) is 14.0. The Morgan fingerprint density at radius 2 is 1.75 bits per heavy atom. The summed E-state index contributed by atoms with van der Waals surface area (Å²) in [6, 6.07) is 17.3. The van der Waals surface area contributed by atoms with Gasteiger partial charge in [-0.2, -0.15) is 0 Å². The number of rotatable bonds is 10. The molecule has 0 saturated heterocycles. The molecule has 0 radical (unpaired) electrons. The van der Waals surface area contributed by atoms with E-state index in [2.05, 4.69) is 10.6 Å². The minimum absolute atomic E-state index is 0.0278. The molecule has 5 nitrogen and oxygen atoms in total. The standard InChI is InChI=1S/C19H24N2O3/c1-23-15-7-13-21-19(22)12-14-20-17-10-5-6-11-18(17)24-16-8-3-2-4-9-16/h2-6,8-11,20H,7,12-15H2,1H3,(H,21,22). The molecule has 0 fully saturated rings. The van der Waals surface area contributed by atoms with E-state index in [9.17, 15) is 4.79 Å². The van der Waals surface area contributed by atoms with Gasteiger partial charge < -0.3 is 20.1 Å². The predicted molar refractivity (Wildman–Crippen MR) is 95.6 cm³/mol. The SMILES string of the molecule is COCCCNC(=O)CCNc1ccccc1Oc1ccccc1. The summed E-state index contributed by atoms with van der Waals surface area (Å²) in [5.41, 5.74) is 0.869. The third-order valence-corrected chi connectivity index (χ3v) is 3.37. The Kier molecular flexibility index (Phi) is 7.63. The zero-order valence-electron chi connectivity index (χ0n) is 14.0. The second kappa shape index (κ2) is 10.3. The molecule has 0 spiro atoms. The molecule has 0 aliphatic heterocycles.